The molecule has 0 heterocycles. The number of aryl methyl sites for hydroxylation is 1. The first-order valence-electron chi connectivity index (χ1n) is 21.4. The van der Waals surface area contributed by atoms with Gasteiger partial charge in [0.2, 0.25) is 0 Å². The highest BCUT2D eigenvalue weighted by molar-refractivity contribution is 5.38. The van der Waals surface area contributed by atoms with Crippen LogP contribution in [0.2, 0.25) is 0 Å². The van der Waals surface area contributed by atoms with Crippen molar-refractivity contribution < 1.29 is 0 Å². The maximum Gasteiger partial charge on any atom is 0.0412 e. The molecule has 0 spiro atoms. The fraction of sp³-hybridized carbons (Fsp3) is 0.867. The molecule has 46 heavy (non-hydrogen) atoms. The van der Waals surface area contributed by atoms with Crippen molar-refractivity contribution in [1.82, 2.24) is 0 Å². The molecule has 0 saturated heterocycles. The molecule has 0 amide bonds. The molecule has 0 aliphatic carbocycles. The van der Waals surface area contributed by atoms with Gasteiger partial charge >= 0.3 is 0 Å². The first kappa shape index (κ1) is 43.2. The number of hydrogen-bond donors (Lipinski definition) is 1. The van der Waals surface area contributed by atoms with E-state index in [1.54, 1.807) is 0 Å². The van der Waals surface area contributed by atoms with E-state index in [4.69, 9.17) is 5.73 Å². The van der Waals surface area contributed by atoms with E-state index in [0.717, 1.165) is 12.8 Å². The van der Waals surface area contributed by atoms with Crippen molar-refractivity contribution in [3.05, 3.63) is 34.9 Å². The zero-order valence-corrected chi connectivity index (χ0v) is 32.4. The normalized spacial score (nSPS) is 11.9. The zero-order valence-electron chi connectivity index (χ0n) is 32.4. The van der Waals surface area contributed by atoms with Gasteiger partial charge in [-0.05, 0) is 43.4 Å². The Labute approximate surface area is 291 Å². The van der Waals surface area contributed by atoms with Crippen LogP contribution in [0.3, 0.4) is 0 Å². The number of rotatable bonds is 35. The summed E-state index contributed by atoms with van der Waals surface area (Å²) in [6, 6.07) is 6.82. The van der Waals surface area contributed by atoms with Crippen molar-refractivity contribution >= 4 is 0 Å². The Hall–Kier alpha value is -0.820. The minimum absolute atomic E-state index is 0.151. The molecule has 1 rings (SSSR count). The maximum absolute atomic E-state index is 7.31. The van der Waals surface area contributed by atoms with Crippen molar-refractivity contribution in [2.75, 3.05) is 0 Å². The van der Waals surface area contributed by atoms with Crippen LogP contribution in [-0.2, 0) is 5.54 Å². The SMILES string of the molecule is CCCCCCCCCCCCCCCCCCC(N)(CCCCCCCCCCCCCCCCCC)c1cccc(C)c1C. The van der Waals surface area contributed by atoms with Gasteiger partial charge in [-0.15, -0.1) is 0 Å². The topological polar surface area (TPSA) is 26.0 Å². The number of unbranched alkanes of at least 4 members (excludes halogenated alkanes) is 30. The van der Waals surface area contributed by atoms with Gasteiger partial charge in [0.15, 0.2) is 0 Å². The van der Waals surface area contributed by atoms with Crippen LogP contribution in [0.1, 0.15) is 249 Å². The highest BCUT2D eigenvalue weighted by Gasteiger charge is 2.28. The van der Waals surface area contributed by atoms with E-state index in [1.165, 1.54) is 222 Å². The molecule has 1 aromatic rings. The van der Waals surface area contributed by atoms with Gasteiger partial charge in [0.1, 0.15) is 0 Å². The third-order valence-corrected chi connectivity index (χ3v) is 11.1. The molecule has 0 saturated carbocycles. The molecule has 1 aromatic carbocycles. The first-order valence-corrected chi connectivity index (χ1v) is 21.4. The van der Waals surface area contributed by atoms with Crippen molar-refractivity contribution in [2.45, 2.75) is 252 Å². The predicted molar refractivity (Wildman–Crippen MR) is 210 cm³/mol. The van der Waals surface area contributed by atoms with Crippen LogP contribution < -0.4 is 5.73 Å². The molecule has 0 aliphatic heterocycles. The van der Waals surface area contributed by atoms with E-state index in [0.29, 0.717) is 0 Å². The van der Waals surface area contributed by atoms with E-state index in [-0.39, 0.29) is 5.54 Å². The molecule has 0 fully saturated rings. The summed E-state index contributed by atoms with van der Waals surface area (Å²) >= 11 is 0. The fourth-order valence-electron chi connectivity index (χ4n) is 7.66. The van der Waals surface area contributed by atoms with Gasteiger partial charge in [0.05, 0.1) is 0 Å². The molecule has 270 valence electrons. The van der Waals surface area contributed by atoms with E-state index < -0.39 is 0 Å². The van der Waals surface area contributed by atoms with Gasteiger partial charge in [-0.2, -0.15) is 0 Å². The molecule has 0 atom stereocenters. The lowest BCUT2D eigenvalue weighted by Crippen LogP contribution is -2.37. The van der Waals surface area contributed by atoms with Crippen molar-refractivity contribution in [3.63, 3.8) is 0 Å². The lowest BCUT2D eigenvalue weighted by Gasteiger charge is -2.32. The third-order valence-electron chi connectivity index (χ3n) is 11.1. The summed E-state index contributed by atoms with van der Waals surface area (Å²) in [6.45, 7) is 9.17. The average molecular weight is 640 g/mol. The quantitative estimate of drug-likeness (QED) is 0.0735. The van der Waals surface area contributed by atoms with Gasteiger partial charge in [-0.3, -0.25) is 0 Å². The Balaban J connectivity index is 2.15. The van der Waals surface area contributed by atoms with Gasteiger partial charge in [0.25, 0.3) is 0 Å². The maximum atomic E-state index is 7.31. The average Bonchev–Trinajstić information content (AvgIpc) is 3.05. The fourth-order valence-corrected chi connectivity index (χ4v) is 7.66. The van der Waals surface area contributed by atoms with Crippen LogP contribution in [0.4, 0.5) is 0 Å². The van der Waals surface area contributed by atoms with Crippen LogP contribution >= 0.6 is 0 Å². The molecular weight excluding hydrogens is 555 g/mol. The van der Waals surface area contributed by atoms with E-state index >= 15 is 0 Å². The predicted octanol–water partition coefficient (Wildman–Crippen LogP) is 15.8. The van der Waals surface area contributed by atoms with Crippen LogP contribution in [0.15, 0.2) is 18.2 Å². The summed E-state index contributed by atoms with van der Waals surface area (Å²) in [4.78, 5) is 0. The Bertz CT molecular complexity index is 730. The molecule has 0 aromatic heterocycles. The van der Waals surface area contributed by atoms with E-state index in [9.17, 15) is 0 Å². The second kappa shape index (κ2) is 31.4. The molecule has 0 radical (unpaired) electrons. The Morgan fingerprint density at radius 1 is 0.391 bits per heavy atom. The lowest BCUT2D eigenvalue weighted by molar-refractivity contribution is 0.341. The summed E-state index contributed by atoms with van der Waals surface area (Å²) in [5.74, 6) is 0. The van der Waals surface area contributed by atoms with Crippen molar-refractivity contribution in [2.24, 2.45) is 5.73 Å². The van der Waals surface area contributed by atoms with Gasteiger partial charge in [-0.25, -0.2) is 0 Å². The molecule has 0 aliphatic rings. The highest BCUT2D eigenvalue weighted by atomic mass is 14.7. The van der Waals surface area contributed by atoms with Crippen molar-refractivity contribution in [3.8, 4) is 0 Å². The summed E-state index contributed by atoms with van der Waals surface area (Å²) in [7, 11) is 0. The first-order chi connectivity index (χ1) is 22.5. The Morgan fingerprint density at radius 2 is 0.652 bits per heavy atom. The molecule has 1 nitrogen and oxygen atoms in total. The zero-order chi connectivity index (χ0) is 33.4. The van der Waals surface area contributed by atoms with Crippen LogP contribution in [0.5, 0.6) is 0 Å². The molecule has 0 bridgehead atoms. The van der Waals surface area contributed by atoms with E-state index in [1.807, 2.05) is 0 Å². The second-order valence-electron chi connectivity index (χ2n) is 15.5. The monoisotopic (exact) mass is 640 g/mol. The van der Waals surface area contributed by atoms with E-state index in [2.05, 4.69) is 45.9 Å². The summed E-state index contributed by atoms with van der Waals surface area (Å²) in [5, 5.41) is 0. The summed E-state index contributed by atoms with van der Waals surface area (Å²) < 4.78 is 0. The van der Waals surface area contributed by atoms with Gasteiger partial charge in [0, 0.05) is 5.54 Å². The highest BCUT2D eigenvalue weighted by Crippen LogP contribution is 2.34. The smallest absolute Gasteiger partial charge is 0.0412 e. The summed E-state index contributed by atoms with van der Waals surface area (Å²) in [5.41, 5.74) is 11.4. The minimum atomic E-state index is -0.151. The number of hydrogen-bond acceptors (Lipinski definition) is 1. The molecule has 0 unspecified atom stereocenters. The standard InChI is InChI=1S/C45H85N/c1-5-7-9-11-13-15-17-19-21-23-25-27-29-31-33-35-40-45(46,44-39-37-38-42(3)43(44)4)41-36-34-32-30-28-26-24-22-20-18-16-14-12-10-8-6-2/h37-39H,5-36,40-41,46H2,1-4H3. The summed E-state index contributed by atoms with van der Waals surface area (Å²) in [6.07, 6.45) is 47.9. The van der Waals surface area contributed by atoms with Crippen LogP contribution in [-0.4, -0.2) is 0 Å². The Morgan fingerprint density at radius 3 is 0.935 bits per heavy atom. The molecular formula is C45H85N. The van der Waals surface area contributed by atoms with Crippen LogP contribution in [0.25, 0.3) is 0 Å². The second-order valence-corrected chi connectivity index (χ2v) is 15.5. The van der Waals surface area contributed by atoms with Gasteiger partial charge < -0.3 is 5.73 Å². The largest absolute Gasteiger partial charge is 0.321 e. The molecule has 1 heteroatoms. The Kier molecular flexibility index (Phi) is 29.5. The van der Waals surface area contributed by atoms with Crippen molar-refractivity contribution in [1.29, 1.82) is 0 Å². The molecule has 2 N–H and O–H groups in total. The minimum Gasteiger partial charge on any atom is -0.321 e. The number of benzene rings is 1. The lowest BCUT2D eigenvalue weighted by atomic mass is 9.78. The third kappa shape index (κ3) is 23.5. The van der Waals surface area contributed by atoms with Gasteiger partial charge in [-0.1, -0.05) is 238 Å². The van der Waals surface area contributed by atoms with Crippen LogP contribution in [0, 0.1) is 13.8 Å². The number of nitrogens with two attached hydrogens (primary N) is 1.